The molecule has 0 aliphatic carbocycles. The summed E-state index contributed by atoms with van der Waals surface area (Å²) in [6.07, 6.45) is -0.896. The number of nitrogens with zero attached hydrogens (tertiary/aromatic N) is 2. The number of hydrogen-bond acceptors (Lipinski definition) is 5. The summed E-state index contributed by atoms with van der Waals surface area (Å²) < 4.78 is 42.5. The molecule has 1 aromatic carbocycles. The molecule has 0 saturated carbocycles. The van der Waals surface area contributed by atoms with E-state index in [2.05, 4.69) is 15.3 Å². The Labute approximate surface area is 191 Å². The highest BCUT2D eigenvalue weighted by Crippen LogP contribution is 2.41. The van der Waals surface area contributed by atoms with Crippen LogP contribution in [0.25, 0.3) is 11.3 Å². The molecule has 2 heterocycles. The SMILES string of the molecule is C[C@H](O)C(=O)N(C[C@@H]1CNC[C@@H]1F)[C@@H](c1ncc(-c2cc(F)ccc2F)[nH]1)C(C)(C)CCO. The van der Waals surface area contributed by atoms with Gasteiger partial charge in [0.2, 0.25) is 0 Å². The quantitative estimate of drug-likeness (QED) is 0.453. The van der Waals surface area contributed by atoms with Crippen molar-refractivity contribution >= 4 is 5.91 Å². The molecule has 33 heavy (non-hydrogen) atoms. The van der Waals surface area contributed by atoms with Crippen LogP contribution in [0, 0.1) is 23.0 Å². The molecule has 4 atom stereocenters. The fourth-order valence-electron chi connectivity index (χ4n) is 4.38. The number of carbonyl (C=O) groups excluding carboxylic acids is 1. The molecule has 1 aromatic heterocycles. The highest BCUT2D eigenvalue weighted by atomic mass is 19.1. The van der Waals surface area contributed by atoms with E-state index in [1.807, 2.05) is 13.8 Å². The lowest BCUT2D eigenvalue weighted by atomic mass is 9.79. The Morgan fingerprint density at radius 2 is 2.06 bits per heavy atom. The average Bonchev–Trinajstić information content (AvgIpc) is 3.38. The maximum atomic E-state index is 14.4. The first kappa shape index (κ1) is 25.2. The highest BCUT2D eigenvalue weighted by Gasteiger charge is 2.43. The number of carbonyl (C=O) groups is 1. The standard InChI is InChI=1S/C23H31F3N4O3/c1-13(32)22(33)30(12-14-9-27-10-18(14)26)20(23(2,3)6-7-31)21-28-11-19(29-21)16-8-15(24)4-5-17(16)25/h4-5,8,11,13-14,18,20,27,31-32H,6-7,9-10,12H2,1-3H3,(H,28,29)/t13-,14-,18-,20-/m0/s1. The maximum Gasteiger partial charge on any atom is 0.251 e. The average molecular weight is 469 g/mol. The van der Waals surface area contributed by atoms with Crippen LogP contribution in [0.5, 0.6) is 0 Å². The first-order valence-electron chi connectivity index (χ1n) is 11.0. The van der Waals surface area contributed by atoms with Gasteiger partial charge in [-0.1, -0.05) is 13.8 Å². The first-order chi connectivity index (χ1) is 15.5. The molecule has 1 aliphatic heterocycles. The van der Waals surface area contributed by atoms with Gasteiger partial charge in [-0.3, -0.25) is 4.79 Å². The summed E-state index contributed by atoms with van der Waals surface area (Å²) in [7, 11) is 0. The van der Waals surface area contributed by atoms with Gasteiger partial charge in [0.1, 0.15) is 29.7 Å². The van der Waals surface area contributed by atoms with Crippen molar-refractivity contribution in [1.29, 1.82) is 0 Å². The summed E-state index contributed by atoms with van der Waals surface area (Å²) in [6.45, 7) is 5.36. The Morgan fingerprint density at radius 3 is 2.67 bits per heavy atom. The van der Waals surface area contributed by atoms with Gasteiger partial charge in [0.05, 0.1) is 17.9 Å². The van der Waals surface area contributed by atoms with Gasteiger partial charge < -0.3 is 25.4 Å². The van der Waals surface area contributed by atoms with Crippen LogP contribution in [0.1, 0.15) is 39.1 Å². The van der Waals surface area contributed by atoms with Crippen molar-refractivity contribution in [2.45, 2.75) is 45.5 Å². The molecule has 1 amide bonds. The summed E-state index contributed by atoms with van der Waals surface area (Å²) in [4.78, 5) is 21.8. The summed E-state index contributed by atoms with van der Waals surface area (Å²) in [6, 6.07) is 2.26. The predicted octanol–water partition coefficient (Wildman–Crippen LogP) is 2.57. The molecule has 182 valence electrons. The number of aliphatic hydroxyl groups excluding tert-OH is 2. The number of aromatic amines is 1. The molecule has 0 spiro atoms. The molecule has 2 aromatic rings. The minimum absolute atomic E-state index is 0.0157. The molecule has 1 aliphatic rings. The molecule has 0 radical (unpaired) electrons. The number of amides is 1. The second kappa shape index (κ2) is 10.2. The lowest BCUT2D eigenvalue weighted by molar-refractivity contribution is -0.146. The second-order valence-electron chi connectivity index (χ2n) is 9.27. The van der Waals surface area contributed by atoms with Crippen LogP contribution in [0.2, 0.25) is 0 Å². The van der Waals surface area contributed by atoms with E-state index in [0.717, 1.165) is 18.2 Å². The largest absolute Gasteiger partial charge is 0.396 e. The molecule has 1 fully saturated rings. The van der Waals surface area contributed by atoms with E-state index in [-0.39, 0.29) is 43.2 Å². The summed E-state index contributed by atoms with van der Waals surface area (Å²) >= 11 is 0. The summed E-state index contributed by atoms with van der Waals surface area (Å²) in [5, 5.41) is 22.7. The van der Waals surface area contributed by atoms with Gasteiger partial charge in [-0.2, -0.15) is 0 Å². The van der Waals surface area contributed by atoms with E-state index in [9.17, 15) is 28.2 Å². The number of rotatable bonds is 9. The topological polar surface area (TPSA) is 101 Å². The monoisotopic (exact) mass is 468 g/mol. The number of nitrogens with one attached hydrogen (secondary N) is 2. The van der Waals surface area contributed by atoms with Gasteiger partial charge in [-0.05, 0) is 37.0 Å². The van der Waals surface area contributed by atoms with Crippen LogP contribution in [-0.4, -0.2) is 69.5 Å². The zero-order valence-corrected chi connectivity index (χ0v) is 19.0. The van der Waals surface area contributed by atoms with Gasteiger partial charge in [0.15, 0.2) is 0 Å². The lowest BCUT2D eigenvalue weighted by Crippen LogP contribution is -2.49. The van der Waals surface area contributed by atoms with E-state index in [1.54, 1.807) is 0 Å². The predicted molar refractivity (Wildman–Crippen MR) is 117 cm³/mol. The Morgan fingerprint density at radius 1 is 1.33 bits per heavy atom. The number of halogens is 3. The molecule has 10 heteroatoms. The minimum atomic E-state index is -1.35. The van der Waals surface area contributed by atoms with Crippen molar-refractivity contribution in [2.24, 2.45) is 11.3 Å². The van der Waals surface area contributed by atoms with Gasteiger partial charge in [0.25, 0.3) is 5.91 Å². The molecule has 7 nitrogen and oxygen atoms in total. The van der Waals surface area contributed by atoms with Crippen molar-refractivity contribution in [1.82, 2.24) is 20.2 Å². The van der Waals surface area contributed by atoms with Crippen molar-refractivity contribution in [2.75, 3.05) is 26.2 Å². The number of alkyl halides is 1. The Kier molecular flexibility index (Phi) is 7.81. The third kappa shape index (κ3) is 5.56. The number of benzene rings is 1. The summed E-state index contributed by atoms with van der Waals surface area (Å²) in [5.74, 6) is -2.10. The number of imidazole rings is 1. The molecule has 3 rings (SSSR count). The van der Waals surface area contributed by atoms with Gasteiger partial charge >= 0.3 is 0 Å². The first-order valence-corrected chi connectivity index (χ1v) is 11.0. The zero-order chi connectivity index (χ0) is 24.3. The van der Waals surface area contributed by atoms with E-state index >= 15 is 0 Å². The molecule has 0 unspecified atom stereocenters. The third-order valence-corrected chi connectivity index (χ3v) is 6.21. The van der Waals surface area contributed by atoms with E-state index in [1.165, 1.54) is 18.0 Å². The van der Waals surface area contributed by atoms with Gasteiger partial charge in [-0.25, -0.2) is 18.2 Å². The van der Waals surface area contributed by atoms with Crippen LogP contribution in [-0.2, 0) is 4.79 Å². The van der Waals surface area contributed by atoms with Crippen molar-refractivity contribution in [3.05, 3.63) is 41.9 Å². The van der Waals surface area contributed by atoms with E-state index in [4.69, 9.17) is 0 Å². The van der Waals surface area contributed by atoms with Crippen LogP contribution in [0.4, 0.5) is 13.2 Å². The number of aliphatic hydroxyl groups is 2. The fraction of sp³-hybridized carbons (Fsp3) is 0.565. The Bertz CT molecular complexity index is 966. The molecular formula is C23H31F3N4O3. The molecule has 4 N–H and O–H groups in total. The van der Waals surface area contributed by atoms with E-state index < -0.39 is 47.2 Å². The lowest BCUT2D eigenvalue weighted by Gasteiger charge is -2.42. The van der Waals surface area contributed by atoms with Crippen molar-refractivity contribution in [3.8, 4) is 11.3 Å². The Balaban J connectivity index is 2.07. The molecule has 1 saturated heterocycles. The minimum Gasteiger partial charge on any atom is -0.396 e. The highest BCUT2D eigenvalue weighted by molar-refractivity contribution is 5.80. The molecular weight excluding hydrogens is 437 g/mol. The number of H-pyrrole nitrogens is 1. The number of hydrogen-bond donors (Lipinski definition) is 4. The van der Waals surface area contributed by atoms with Gasteiger partial charge in [-0.15, -0.1) is 0 Å². The normalized spacial score (nSPS) is 20.6. The fourth-order valence-corrected chi connectivity index (χ4v) is 4.38. The smallest absolute Gasteiger partial charge is 0.251 e. The van der Waals surface area contributed by atoms with Crippen molar-refractivity contribution < 1.29 is 28.2 Å². The third-order valence-electron chi connectivity index (χ3n) is 6.21. The van der Waals surface area contributed by atoms with Crippen LogP contribution in [0.15, 0.2) is 24.4 Å². The van der Waals surface area contributed by atoms with Gasteiger partial charge in [0, 0.05) is 37.7 Å². The number of aromatic nitrogens is 2. The van der Waals surface area contributed by atoms with Crippen LogP contribution in [0.3, 0.4) is 0 Å². The molecule has 0 bridgehead atoms. The zero-order valence-electron chi connectivity index (χ0n) is 19.0. The van der Waals surface area contributed by atoms with Crippen LogP contribution >= 0.6 is 0 Å². The maximum absolute atomic E-state index is 14.4. The van der Waals surface area contributed by atoms with E-state index in [0.29, 0.717) is 6.54 Å². The second-order valence-corrected chi connectivity index (χ2v) is 9.27. The van der Waals surface area contributed by atoms with Crippen LogP contribution < -0.4 is 5.32 Å². The summed E-state index contributed by atoms with van der Waals surface area (Å²) in [5.41, 5.74) is -0.570. The Hall–Kier alpha value is -2.43. The van der Waals surface area contributed by atoms with Crippen molar-refractivity contribution in [3.63, 3.8) is 0 Å².